The van der Waals surface area contributed by atoms with Gasteiger partial charge >= 0.3 is 0 Å². The Morgan fingerprint density at radius 1 is 0.387 bits per heavy atom. The highest BCUT2D eigenvalue weighted by Gasteiger charge is 2.32. The highest BCUT2D eigenvalue weighted by molar-refractivity contribution is 5.94. The Hall–Kier alpha value is -14.2. The fraction of sp³-hybridized carbons (Fsp3) is 0.469. The molecule has 0 atom stereocenters. The number of hydrogen-bond acceptors (Lipinski definition) is 38. The highest BCUT2D eigenvalue weighted by atomic mass is 16.5. The van der Waals surface area contributed by atoms with E-state index in [2.05, 4.69) is 195 Å². The molecule has 0 spiro atoms. The second kappa shape index (κ2) is 45.9. The maximum Gasteiger partial charge on any atom is 0.256 e. The summed E-state index contributed by atoms with van der Waals surface area (Å²) in [5, 5.41) is 30.2. The standard InChI is InChI=1S/C25H31N7O3.C24H29N7O3.C24H30N6O3.C23H26N10O2/c1-31(2)24(33)17-15-28-25(29-16-17)30-18-3-5-20(6-4-18)35-22-14-19(32-9-11-34-12-10-32)13-21-23(22)27-8-7-26-21;1-25-23(32)16-14-28-24(29-15-16)30-17-2-4-19(5-3-17)34-21-13-18(31-8-10-33-11-9-31)12-20-22(21)27-7-6-26-20;1-2-32-23-15-22(27-16-28-23)29-17-3-5-19(6-4-17)33-21-14-18(30-9-11-31-12-10-30)13-20-24(21)26-8-7-25-20;1-3-18(4-2-16(1)28-23-26-13-15(14-27-23)22-29-31-32-30-22)35-20-12-17(33-7-9-34-10-8-33)11-19-21(20)25-6-5-24-19/h7-8,13-16,18,20H,3-6,9-12H2,1-2H3,(H,28,29,30);6-7,12-15,17,19H,2-5,8-11H2,1H3,(H,25,32)(H,28,29,30);7-8,13-17,19H,2-6,9-12H2,1H3,(H,27,28,29);5-6,11-14,16,18H,1-4,7-10H2,(H,26,27,28)(H,29,30,31,32). The molecule has 8 fully saturated rings. The average Bonchev–Trinajstić information content (AvgIpc) is 1.64. The number of rotatable bonds is 25. The first kappa shape index (κ1) is 93.2. The van der Waals surface area contributed by atoms with Crippen molar-refractivity contribution in [1.82, 2.24) is 111 Å². The first-order chi connectivity index (χ1) is 67.3. The van der Waals surface area contributed by atoms with Crippen molar-refractivity contribution in [3.63, 3.8) is 0 Å². The van der Waals surface area contributed by atoms with Gasteiger partial charge in [0.1, 0.15) is 57.2 Å². The average molecular weight is 1870 g/mol. The molecule has 4 aliphatic heterocycles. The fourth-order valence-corrected chi connectivity index (χ4v) is 18.1. The van der Waals surface area contributed by atoms with Gasteiger partial charge in [-0.05, 0) is 139 Å². The second-order valence-corrected chi connectivity index (χ2v) is 34.9. The molecule has 9 aromatic heterocycles. The van der Waals surface area contributed by atoms with Crippen LogP contribution in [-0.4, -0.2) is 299 Å². The zero-order valence-electron chi connectivity index (χ0n) is 77.5. The largest absolute Gasteiger partial charge is 0.488 e. The number of aromatic nitrogens is 20. The third-order valence-corrected chi connectivity index (χ3v) is 25.5. The molecule has 0 bridgehead atoms. The van der Waals surface area contributed by atoms with E-state index < -0.39 is 0 Å². The first-order valence-electron chi connectivity index (χ1n) is 47.5. The number of fused-ring (bicyclic) bond motifs is 4. The van der Waals surface area contributed by atoms with E-state index in [1.54, 1.807) is 95.5 Å². The minimum absolute atomic E-state index is 0.107. The van der Waals surface area contributed by atoms with Crippen LogP contribution in [-0.2, 0) is 18.9 Å². The van der Waals surface area contributed by atoms with Gasteiger partial charge in [-0.15, -0.1) is 10.2 Å². The summed E-state index contributed by atoms with van der Waals surface area (Å²) in [5.74, 6) is 6.45. The summed E-state index contributed by atoms with van der Waals surface area (Å²) in [6.07, 6.45) is 40.6. The van der Waals surface area contributed by atoms with Crippen LogP contribution in [0, 0.1) is 0 Å². The Kier molecular flexibility index (Phi) is 31.2. The number of anilines is 8. The molecule has 21 rings (SSSR count). The van der Waals surface area contributed by atoms with Crippen molar-refractivity contribution in [3.8, 4) is 40.3 Å². The molecular weight excluding hydrogens is 1750 g/mol. The van der Waals surface area contributed by atoms with E-state index in [-0.39, 0.29) is 48.3 Å². The van der Waals surface area contributed by atoms with Gasteiger partial charge in [0.25, 0.3) is 11.8 Å². The summed E-state index contributed by atoms with van der Waals surface area (Å²) in [6, 6.07) is 19.8. The summed E-state index contributed by atoms with van der Waals surface area (Å²) in [6.45, 7) is 15.3. The molecule has 8 aliphatic rings. The molecule has 2 amide bonds. The normalized spacial score (nSPS) is 20.7. The molecule has 137 heavy (non-hydrogen) atoms. The minimum atomic E-state index is -0.195. The van der Waals surface area contributed by atoms with Crippen LogP contribution >= 0.6 is 0 Å². The molecule has 0 unspecified atom stereocenters. The topological polar surface area (TPSA) is 454 Å². The predicted octanol–water partition coefficient (Wildman–Crippen LogP) is 10.9. The van der Waals surface area contributed by atoms with Gasteiger partial charge in [-0.1, -0.05) is 0 Å². The van der Waals surface area contributed by atoms with Gasteiger partial charge < -0.3 is 93.7 Å². The van der Waals surface area contributed by atoms with Crippen molar-refractivity contribution in [1.29, 1.82) is 0 Å². The number of hydrogen-bond donors (Lipinski definition) is 6. The van der Waals surface area contributed by atoms with Crippen molar-refractivity contribution < 1.29 is 52.2 Å². The van der Waals surface area contributed by atoms with E-state index >= 15 is 0 Å². The third-order valence-electron chi connectivity index (χ3n) is 25.5. The van der Waals surface area contributed by atoms with E-state index in [4.69, 9.17) is 42.6 Å². The Labute approximate surface area is 792 Å². The predicted molar refractivity (Wildman–Crippen MR) is 515 cm³/mol. The van der Waals surface area contributed by atoms with Crippen molar-refractivity contribution >= 4 is 102 Å². The van der Waals surface area contributed by atoms with Gasteiger partial charge in [-0.2, -0.15) is 5.21 Å². The van der Waals surface area contributed by atoms with E-state index in [0.29, 0.717) is 59.4 Å². The molecule has 4 saturated heterocycles. The molecule has 6 N–H and O–H groups in total. The Bertz CT molecular complexity index is 6070. The fourth-order valence-electron chi connectivity index (χ4n) is 18.1. The molecule has 13 heterocycles. The summed E-state index contributed by atoms with van der Waals surface area (Å²) < 4.78 is 53.5. The Morgan fingerprint density at radius 3 is 1.02 bits per heavy atom. The minimum Gasteiger partial charge on any atom is -0.488 e. The SMILES string of the molecule is CCOc1cc(NC2CCC(Oc3cc(N4CCOCC4)cc4nccnc34)CC2)ncn1.CN(C)C(=O)c1cnc(NC2CCC(Oc3cc(N4CCOCC4)cc4nccnc34)CC2)nc1.CNC(=O)c1cnc(NC2CCC(Oc3cc(N4CCOCC4)cc4nccnc34)CC2)nc1.c1cnc2c(OC3CCC(Nc4ncc(-c5nn[nH]n5)cn4)CC3)cc(N3CCOCC3)cc2n1. The summed E-state index contributed by atoms with van der Waals surface area (Å²) >= 11 is 0. The van der Waals surface area contributed by atoms with E-state index in [0.717, 1.165) is 309 Å². The molecule has 41 nitrogen and oxygen atoms in total. The van der Waals surface area contributed by atoms with Gasteiger partial charge in [0.15, 0.2) is 0 Å². The maximum absolute atomic E-state index is 12.0. The lowest BCUT2D eigenvalue weighted by molar-refractivity contribution is 0.0826. The van der Waals surface area contributed by atoms with E-state index in [9.17, 15) is 9.59 Å². The maximum atomic E-state index is 12.0. The van der Waals surface area contributed by atoms with Crippen molar-refractivity contribution in [3.05, 3.63) is 159 Å². The van der Waals surface area contributed by atoms with Gasteiger partial charge in [-0.25, -0.2) is 59.8 Å². The number of ether oxygens (including phenoxy) is 9. The van der Waals surface area contributed by atoms with E-state index in [1.807, 2.05) is 13.0 Å². The lowest BCUT2D eigenvalue weighted by Gasteiger charge is -2.31. The monoisotopic (exact) mass is 1860 g/mol. The molecule has 0 radical (unpaired) electrons. The molecular formula is C96H116N30O11. The number of aromatic amines is 1. The number of carbonyl (C=O) groups is 2. The van der Waals surface area contributed by atoms with Crippen LogP contribution in [0.5, 0.6) is 28.9 Å². The van der Waals surface area contributed by atoms with Crippen molar-refractivity contribution in [2.24, 2.45) is 0 Å². The zero-order chi connectivity index (χ0) is 93.4. The smallest absolute Gasteiger partial charge is 0.256 e. The number of H-pyrrole nitrogens is 1. The molecule has 41 heteroatoms. The molecule has 13 aromatic rings. The number of carbonyl (C=O) groups excluding carboxylic acids is 2. The van der Waals surface area contributed by atoms with Gasteiger partial charge in [0.2, 0.25) is 29.5 Å². The molecule has 4 saturated carbocycles. The van der Waals surface area contributed by atoms with Crippen molar-refractivity contribution in [2.75, 3.05) is 174 Å². The first-order valence-corrected chi connectivity index (χ1v) is 47.5. The quantitative estimate of drug-likeness (QED) is 0.0309. The number of amides is 2. The molecule has 716 valence electrons. The van der Waals surface area contributed by atoms with Crippen LogP contribution in [0.1, 0.15) is 130 Å². The number of tetrazole rings is 1. The van der Waals surface area contributed by atoms with Crippen LogP contribution in [0.4, 0.5) is 46.4 Å². The highest BCUT2D eigenvalue weighted by Crippen LogP contribution is 2.40. The van der Waals surface area contributed by atoms with Crippen LogP contribution in [0.2, 0.25) is 0 Å². The van der Waals surface area contributed by atoms with Crippen LogP contribution < -0.4 is 69.9 Å². The van der Waals surface area contributed by atoms with Gasteiger partial charge in [0.05, 0.1) is 123 Å². The number of nitrogens with zero attached hydrogens (tertiary/aromatic N) is 24. The van der Waals surface area contributed by atoms with Crippen LogP contribution in [0.3, 0.4) is 0 Å². The second-order valence-electron chi connectivity index (χ2n) is 34.9. The molecule has 4 aromatic carbocycles. The number of benzene rings is 4. The van der Waals surface area contributed by atoms with Crippen LogP contribution in [0.15, 0.2) is 148 Å². The Balaban J connectivity index is 0.000000122. The zero-order valence-corrected chi connectivity index (χ0v) is 77.5. The van der Waals surface area contributed by atoms with Crippen molar-refractivity contribution in [2.45, 2.75) is 158 Å². The lowest BCUT2D eigenvalue weighted by Crippen LogP contribution is -2.36. The van der Waals surface area contributed by atoms with Gasteiger partial charge in [-0.3, -0.25) is 29.5 Å². The number of morpholine rings is 4. The van der Waals surface area contributed by atoms with Crippen LogP contribution in [0.25, 0.3) is 55.5 Å². The third kappa shape index (κ3) is 24.7. The summed E-state index contributed by atoms with van der Waals surface area (Å²) in [7, 11) is 5.01. The number of nitrogens with one attached hydrogen (secondary N) is 6. The molecule has 4 aliphatic carbocycles. The van der Waals surface area contributed by atoms with Gasteiger partial charge in [0, 0.05) is 238 Å². The summed E-state index contributed by atoms with van der Waals surface area (Å²) in [4.78, 5) is 105. The van der Waals surface area contributed by atoms with E-state index in [1.165, 1.54) is 23.6 Å². The Morgan fingerprint density at radius 2 is 0.708 bits per heavy atom. The summed E-state index contributed by atoms with van der Waals surface area (Å²) in [5.41, 5.74) is 12.7. The lowest BCUT2D eigenvalue weighted by atomic mass is 9.93.